The Morgan fingerprint density at radius 3 is 2.38 bits per heavy atom. The molecule has 3 heteroatoms. The van der Waals surface area contributed by atoms with Crippen LogP contribution in [0.4, 0.5) is 0 Å². The first kappa shape index (κ1) is 13.6. The van der Waals surface area contributed by atoms with E-state index in [1.165, 1.54) is 11.1 Å². The molecule has 0 aliphatic heterocycles. The summed E-state index contributed by atoms with van der Waals surface area (Å²) >= 11 is 0. The molecule has 3 aromatic rings. The van der Waals surface area contributed by atoms with Crippen molar-refractivity contribution in [3.8, 4) is 5.69 Å². The van der Waals surface area contributed by atoms with Gasteiger partial charge in [-0.05, 0) is 24.6 Å². The van der Waals surface area contributed by atoms with E-state index in [1.54, 1.807) is 0 Å². The molecule has 2 aromatic carbocycles. The molecule has 0 radical (unpaired) electrons. The molecule has 1 aromatic heterocycles. The summed E-state index contributed by atoms with van der Waals surface area (Å²) in [5.41, 5.74) is 3.56. The van der Waals surface area contributed by atoms with E-state index in [0.717, 1.165) is 12.2 Å². The SMILES string of the molecule is C[C@H](NCc1cnn(-c2ccccc2)c1)c1ccccc1. The zero-order chi connectivity index (χ0) is 14.5. The van der Waals surface area contributed by atoms with E-state index >= 15 is 0 Å². The maximum absolute atomic E-state index is 4.41. The molecule has 0 aliphatic carbocycles. The van der Waals surface area contributed by atoms with Crippen molar-refractivity contribution in [1.82, 2.24) is 15.1 Å². The molecule has 1 atom stereocenters. The lowest BCUT2D eigenvalue weighted by atomic mass is 10.1. The van der Waals surface area contributed by atoms with E-state index in [-0.39, 0.29) is 0 Å². The highest BCUT2D eigenvalue weighted by Gasteiger charge is 2.05. The molecule has 1 heterocycles. The van der Waals surface area contributed by atoms with E-state index < -0.39 is 0 Å². The summed E-state index contributed by atoms with van der Waals surface area (Å²) < 4.78 is 1.91. The summed E-state index contributed by atoms with van der Waals surface area (Å²) in [7, 11) is 0. The lowest BCUT2D eigenvalue weighted by Gasteiger charge is -2.13. The molecule has 3 nitrogen and oxygen atoms in total. The number of hydrogen-bond acceptors (Lipinski definition) is 2. The molecule has 1 N–H and O–H groups in total. The number of para-hydroxylation sites is 1. The summed E-state index contributed by atoms with van der Waals surface area (Å²) in [6.45, 7) is 2.99. The summed E-state index contributed by atoms with van der Waals surface area (Å²) in [4.78, 5) is 0. The molecule has 0 bridgehead atoms. The number of nitrogens with zero attached hydrogens (tertiary/aromatic N) is 2. The van der Waals surface area contributed by atoms with Crippen molar-refractivity contribution in [3.05, 3.63) is 84.2 Å². The smallest absolute Gasteiger partial charge is 0.0645 e. The van der Waals surface area contributed by atoms with Gasteiger partial charge in [0.05, 0.1) is 11.9 Å². The van der Waals surface area contributed by atoms with Crippen LogP contribution in [0.15, 0.2) is 73.1 Å². The third-order valence-electron chi connectivity index (χ3n) is 3.57. The van der Waals surface area contributed by atoms with Crippen LogP contribution in [0.2, 0.25) is 0 Å². The highest BCUT2D eigenvalue weighted by Crippen LogP contribution is 2.13. The molecule has 3 rings (SSSR count). The number of benzene rings is 2. The number of rotatable bonds is 5. The van der Waals surface area contributed by atoms with Crippen molar-refractivity contribution in [2.45, 2.75) is 19.5 Å². The Kier molecular flexibility index (Phi) is 4.12. The normalized spacial score (nSPS) is 12.2. The van der Waals surface area contributed by atoms with E-state index in [9.17, 15) is 0 Å². The molecule has 0 unspecified atom stereocenters. The average molecular weight is 277 g/mol. The summed E-state index contributed by atoms with van der Waals surface area (Å²) in [5, 5.41) is 7.94. The largest absolute Gasteiger partial charge is 0.306 e. The minimum Gasteiger partial charge on any atom is -0.306 e. The number of hydrogen-bond donors (Lipinski definition) is 1. The van der Waals surface area contributed by atoms with E-state index in [0.29, 0.717) is 6.04 Å². The van der Waals surface area contributed by atoms with E-state index in [1.807, 2.05) is 35.1 Å². The second-order valence-electron chi connectivity index (χ2n) is 5.14. The van der Waals surface area contributed by atoms with Crippen LogP contribution in [-0.2, 0) is 6.54 Å². The highest BCUT2D eigenvalue weighted by molar-refractivity contribution is 5.31. The lowest BCUT2D eigenvalue weighted by Crippen LogP contribution is -2.17. The van der Waals surface area contributed by atoms with Crippen molar-refractivity contribution in [3.63, 3.8) is 0 Å². The van der Waals surface area contributed by atoms with E-state index in [4.69, 9.17) is 0 Å². The van der Waals surface area contributed by atoms with Gasteiger partial charge in [-0.1, -0.05) is 48.5 Å². The first-order valence-corrected chi connectivity index (χ1v) is 7.20. The van der Waals surface area contributed by atoms with Crippen LogP contribution in [0.5, 0.6) is 0 Å². The van der Waals surface area contributed by atoms with Crippen molar-refractivity contribution in [1.29, 1.82) is 0 Å². The first-order valence-electron chi connectivity index (χ1n) is 7.20. The Labute approximate surface area is 125 Å². The first-order chi connectivity index (χ1) is 10.3. The molecule has 0 fully saturated rings. The average Bonchev–Trinajstić information content (AvgIpc) is 3.03. The second kappa shape index (κ2) is 6.37. The van der Waals surface area contributed by atoms with Gasteiger partial charge in [0, 0.05) is 24.3 Å². The summed E-state index contributed by atoms with van der Waals surface area (Å²) in [6, 6.07) is 21.0. The van der Waals surface area contributed by atoms with Crippen molar-refractivity contribution in [2.24, 2.45) is 0 Å². The van der Waals surface area contributed by atoms with Gasteiger partial charge in [-0.15, -0.1) is 0 Å². The molecule has 0 saturated carbocycles. The van der Waals surface area contributed by atoms with Gasteiger partial charge in [0.2, 0.25) is 0 Å². The minimum absolute atomic E-state index is 0.325. The van der Waals surface area contributed by atoms with Crippen LogP contribution in [-0.4, -0.2) is 9.78 Å². The topological polar surface area (TPSA) is 29.9 Å². The third-order valence-corrected chi connectivity index (χ3v) is 3.57. The Bertz CT molecular complexity index is 674. The van der Waals surface area contributed by atoms with Gasteiger partial charge in [-0.2, -0.15) is 5.10 Å². The summed E-state index contributed by atoms with van der Waals surface area (Å²) in [6.07, 6.45) is 3.98. The maximum Gasteiger partial charge on any atom is 0.0645 e. The summed E-state index contributed by atoms with van der Waals surface area (Å²) in [5.74, 6) is 0. The van der Waals surface area contributed by atoms with Crippen molar-refractivity contribution in [2.75, 3.05) is 0 Å². The zero-order valence-corrected chi connectivity index (χ0v) is 12.1. The number of nitrogens with one attached hydrogen (secondary N) is 1. The highest BCUT2D eigenvalue weighted by atomic mass is 15.3. The predicted molar refractivity (Wildman–Crippen MR) is 85.3 cm³/mol. The van der Waals surface area contributed by atoms with Crippen LogP contribution in [0, 0.1) is 0 Å². The Morgan fingerprint density at radius 2 is 1.67 bits per heavy atom. The molecule has 0 spiro atoms. The van der Waals surface area contributed by atoms with Crippen molar-refractivity contribution < 1.29 is 0 Å². The third kappa shape index (κ3) is 3.38. The van der Waals surface area contributed by atoms with Gasteiger partial charge >= 0.3 is 0 Å². The molecular weight excluding hydrogens is 258 g/mol. The van der Waals surface area contributed by atoms with Crippen LogP contribution >= 0.6 is 0 Å². The van der Waals surface area contributed by atoms with Crippen molar-refractivity contribution >= 4 is 0 Å². The molecule has 21 heavy (non-hydrogen) atoms. The fourth-order valence-electron chi connectivity index (χ4n) is 2.30. The monoisotopic (exact) mass is 277 g/mol. The van der Waals surface area contributed by atoms with Gasteiger partial charge < -0.3 is 5.32 Å². The molecule has 106 valence electrons. The fraction of sp³-hybridized carbons (Fsp3) is 0.167. The molecule has 0 aliphatic rings. The quantitative estimate of drug-likeness (QED) is 0.770. The second-order valence-corrected chi connectivity index (χ2v) is 5.14. The van der Waals surface area contributed by atoms with Gasteiger partial charge in [0.15, 0.2) is 0 Å². The fourth-order valence-corrected chi connectivity index (χ4v) is 2.30. The predicted octanol–water partition coefficient (Wildman–Crippen LogP) is 3.72. The Hall–Kier alpha value is -2.39. The Morgan fingerprint density at radius 1 is 1.00 bits per heavy atom. The molecular formula is C18H19N3. The maximum atomic E-state index is 4.41. The van der Waals surface area contributed by atoms with Crippen LogP contribution in [0.25, 0.3) is 5.69 Å². The standard InChI is InChI=1S/C18H19N3/c1-15(17-8-4-2-5-9-17)19-12-16-13-20-21(14-16)18-10-6-3-7-11-18/h2-11,13-15,19H,12H2,1H3/t15-/m0/s1. The zero-order valence-electron chi connectivity index (χ0n) is 12.1. The minimum atomic E-state index is 0.325. The van der Waals surface area contributed by atoms with Gasteiger partial charge in [-0.25, -0.2) is 4.68 Å². The molecule has 0 saturated heterocycles. The Balaban J connectivity index is 1.63. The van der Waals surface area contributed by atoms with Crippen LogP contribution in [0.1, 0.15) is 24.1 Å². The van der Waals surface area contributed by atoms with Gasteiger partial charge in [0.25, 0.3) is 0 Å². The van der Waals surface area contributed by atoms with E-state index in [2.05, 4.69) is 59.9 Å². The molecule has 0 amide bonds. The lowest BCUT2D eigenvalue weighted by molar-refractivity contribution is 0.574. The van der Waals surface area contributed by atoms with Gasteiger partial charge in [-0.3, -0.25) is 0 Å². The van der Waals surface area contributed by atoms with Crippen LogP contribution in [0.3, 0.4) is 0 Å². The number of aromatic nitrogens is 2. The van der Waals surface area contributed by atoms with Crippen LogP contribution < -0.4 is 5.32 Å². The van der Waals surface area contributed by atoms with Gasteiger partial charge in [0.1, 0.15) is 0 Å².